The van der Waals surface area contributed by atoms with E-state index in [1.54, 1.807) is 18.2 Å². The van der Waals surface area contributed by atoms with Crippen molar-refractivity contribution in [2.45, 2.75) is 30.6 Å². The number of benzene rings is 3. The van der Waals surface area contributed by atoms with Crippen molar-refractivity contribution in [1.82, 2.24) is 4.90 Å². The zero-order valence-electron chi connectivity index (χ0n) is 19.8. The molecule has 0 amide bonds. The van der Waals surface area contributed by atoms with Crippen molar-refractivity contribution in [2.24, 2.45) is 0 Å². The van der Waals surface area contributed by atoms with Gasteiger partial charge in [-0.2, -0.15) is 13.2 Å². The first kappa shape index (κ1) is 28.3. The van der Waals surface area contributed by atoms with Gasteiger partial charge in [-0.15, -0.1) is 0 Å². The van der Waals surface area contributed by atoms with Crippen molar-refractivity contribution < 1.29 is 39.9 Å². The standard InChI is InChI=1S/C26H24F5NO4S/c1-37(34,35)25-14-22(13-24(28)23(25)17-33)36-11-3-10-32(15-18-6-8-21(27)9-7-18)16-19-4-2-5-20(12-19)26(29,30)31/h2,4-9,12-14,17H,3,10-11,15-16H2,1H3. The third kappa shape index (κ3) is 8.09. The molecular formula is C26H24F5NO4S. The summed E-state index contributed by atoms with van der Waals surface area (Å²) in [5.41, 5.74) is -0.167. The van der Waals surface area contributed by atoms with Crippen molar-refractivity contribution in [1.29, 1.82) is 0 Å². The van der Waals surface area contributed by atoms with Gasteiger partial charge >= 0.3 is 6.18 Å². The third-order valence-electron chi connectivity index (χ3n) is 5.45. The van der Waals surface area contributed by atoms with E-state index in [-0.39, 0.29) is 25.2 Å². The van der Waals surface area contributed by atoms with Crippen molar-refractivity contribution in [3.05, 3.63) is 94.6 Å². The van der Waals surface area contributed by atoms with Gasteiger partial charge in [0.05, 0.1) is 22.6 Å². The maximum absolute atomic E-state index is 14.2. The van der Waals surface area contributed by atoms with Gasteiger partial charge in [-0.3, -0.25) is 9.69 Å². The highest BCUT2D eigenvalue weighted by Gasteiger charge is 2.30. The molecule has 3 aromatic carbocycles. The summed E-state index contributed by atoms with van der Waals surface area (Å²) in [7, 11) is -3.89. The maximum atomic E-state index is 14.2. The maximum Gasteiger partial charge on any atom is 0.416 e. The molecule has 0 aromatic heterocycles. The number of aldehydes is 1. The molecule has 37 heavy (non-hydrogen) atoms. The summed E-state index contributed by atoms with van der Waals surface area (Å²) in [6, 6.07) is 12.7. The lowest BCUT2D eigenvalue weighted by Crippen LogP contribution is -2.25. The average molecular weight is 542 g/mol. The molecule has 0 heterocycles. The highest BCUT2D eigenvalue weighted by molar-refractivity contribution is 7.90. The van der Waals surface area contributed by atoms with Crippen LogP contribution in [0.3, 0.4) is 0 Å². The van der Waals surface area contributed by atoms with Gasteiger partial charge in [0.1, 0.15) is 17.4 Å². The molecule has 198 valence electrons. The average Bonchev–Trinajstić information content (AvgIpc) is 2.82. The summed E-state index contributed by atoms with van der Waals surface area (Å²) in [6.45, 7) is 0.868. The zero-order chi connectivity index (χ0) is 27.2. The Balaban J connectivity index is 1.71. The lowest BCUT2D eigenvalue weighted by atomic mass is 10.1. The molecule has 0 aliphatic heterocycles. The molecule has 3 rings (SSSR count). The van der Waals surface area contributed by atoms with Crippen molar-refractivity contribution in [2.75, 3.05) is 19.4 Å². The van der Waals surface area contributed by atoms with Crippen LogP contribution in [0.25, 0.3) is 0 Å². The topological polar surface area (TPSA) is 63.7 Å². The zero-order valence-corrected chi connectivity index (χ0v) is 20.6. The minimum absolute atomic E-state index is 0.0333. The Morgan fingerprint density at radius 2 is 1.62 bits per heavy atom. The Morgan fingerprint density at radius 1 is 0.946 bits per heavy atom. The van der Waals surface area contributed by atoms with Gasteiger partial charge in [-0.1, -0.05) is 30.3 Å². The van der Waals surface area contributed by atoms with Gasteiger partial charge in [0.2, 0.25) is 0 Å². The molecule has 0 saturated carbocycles. The van der Waals surface area contributed by atoms with E-state index in [1.165, 1.54) is 18.2 Å². The highest BCUT2D eigenvalue weighted by Crippen LogP contribution is 2.30. The molecular weight excluding hydrogens is 517 g/mol. The quantitative estimate of drug-likeness (QED) is 0.178. The number of halogens is 5. The third-order valence-corrected chi connectivity index (χ3v) is 6.59. The minimum atomic E-state index is -4.48. The SMILES string of the molecule is CS(=O)(=O)c1cc(OCCCN(Cc2ccc(F)cc2)Cc2cccc(C(F)(F)F)c2)cc(F)c1C=O. The monoisotopic (exact) mass is 541 g/mol. The van der Waals surface area contributed by atoms with Crippen LogP contribution < -0.4 is 4.74 Å². The first-order valence-corrected chi connectivity index (χ1v) is 13.0. The fourth-order valence-electron chi connectivity index (χ4n) is 3.72. The molecule has 5 nitrogen and oxygen atoms in total. The van der Waals surface area contributed by atoms with Crippen LogP contribution in [-0.4, -0.2) is 39.0 Å². The molecule has 0 spiro atoms. The summed E-state index contributed by atoms with van der Waals surface area (Å²) in [5, 5.41) is 0. The number of rotatable bonds is 11. The molecule has 0 aliphatic rings. The molecule has 11 heteroatoms. The predicted molar refractivity (Wildman–Crippen MR) is 127 cm³/mol. The van der Waals surface area contributed by atoms with Crippen molar-refractivity contribution in [3.8, 4) is 5.75 Å². The smallest absolute Gasteiger partial charge is 0.416 e. The second kappa shape index (κ2) is 11.8. The first-order chi connectivity index (χ1) is 17.4. The van der Waals surface area contributed by atoms with E-state index in [9.17, 15) is 35.2 Å². The van der Waals surface area contributed by atoms with Gasteiger partial charge in [0.15, 0.2) is 16.1 Å². The van der Waals surface area contributed by atoms with E-state index in [2.05, 4.69) is 0 Å². The summed E-state index contributed by atoms with van der Waals surface area (Å²) in [6.07, 6.45) is -3.16. The number of hydrogen-bond donors (Lipinski definition) is 0. The molecule has 0 saturated heterocycles. The molecule has 0 fully saturated rings. The molecule has 0 aliphatic carbocycles. The van der Waals surface area contributed by atoms with Crippen LogP contribution in [0.15, 0.2) is 65.6 Å². The summed E-state index contributed by atoms with van der Waals surface area (Å²) >= 11 is 0. The normalized spacial score (nSPS) is 12.1. The van der Waals surface area contributed by atoms with Crippen LogP contribution in [0.5, 0.6) is 5.75 Å². The summed E-state index contributed by atoms with van der Waals surface area (Å²) < 4.78 is 96.2. The van der Waals surface area contributed by atoms with Crippen molar-refractivity contribution in [3.63, 3.8) is 0 Å². The predicted octanol–water partition coefficient (Wildman–Crippen LogP) is 5.67. The fraction of sp³-hybridized carbons (Fsp3) is 0.269. The number of ether oxygens (including phenoxy) is 1. The molecule has 0 radical (unpaired) electrons. The molecule has 0 bridgehead atoms. The van der Waals surface area contributed by atoms with Crippen LogP contribution in [0.2, 0.25) is 0 Å². The van der Waals surface area contributed by atoms with Crippen molar-refractivity contribution >= 4 is 16.1 Å². The largest absolute Gasteiger partial charge is 0.493 e. The lowest BCUT2D eigenvalue weighted by molar-refractivity contribution is -0.137. The number of alkyl halides is 3. The minimum Gasteiger partial charge on any atom is -0.493 e. The first-order valence-electron chi connectivity index (χ1n) is 11.1. The highest BCUT2D eigenvalue weighted by atomic mass is 32.2. The van der Waals surface area contributed by atoms with E-state index < -0.39 is 43.7 Å². The number of nitrogens with zero attached hydrogens (tertiary/aromatic N) is 1. The van der Waals surface area contributed by atoms with Crippen LogP contribution in [0.4, 0.5) is 22.0 Å². The van der Waals surface area contributed by atoms with Gasteiger partial charge in [0, 0.05) is 32.0 Å². The van der Waals surface area contributed by atoms with E-state index in [4.69, 9.17) is 4.74 Å². The van der Waals surface area contributed by atoms with Crippen LogP contribution >= 0.6 is 0 Å². The van der Waals surface area contributed by atoms with Crippen LogP contribution in [0, 0.1) is 11.6 Å². The van der Waals surface area contributed by atoms with E-state index in [1.807, 2.05) is 4.90 Å². The Labute approximate surface area is 211 Å². The molecule has 0 atom stereocenters. The van der Waals surface area contributed by atoms with Gasteiger partial charge in [0.25, 0.3) is 0 Å². The lowest BCUT2D eigenvalue weighted by Gasteiger charge is -2.23. The number of hydrogen-bond acceptors (Lipinski definition) is 5. The van der Waals surface area contributed by atoms with Crippen LogP contribution in [0.1, 0.15) is 33.5 Å². The summed E-state index contributed by atoms with van der Waals surface area (Å²) in [4.78, 5) is 12.5. The van der Waals surface area contributed by atoms with E-state index in [0.29, 0.717) is 25.1 Å². The Kier molecular flexibility index (Phi) is 9.03. The second-order valence-corrected chi connectivity index (χ2v) is 10.4. The molecule has 0 unspecified atom stereocenters. The number of carbonyl (C=O) groups excluding carboxylic acids is 1. The Morgan fingerprint density at radius 3 is 2.24 bits per heavy atom. The Hall–Kier alpha value is -3.31. The second-order valence-electron chi connectivity index (χ2n) is 8.44. The van der Waals surface area contributed by atoms with E-state index >= 15 is 0 Å². The fourth-order valence-corrected chi connectivity index (χ4v) is 4.59. The number of carbonyl (C=O) groups is 1. The van der Waals surface area contributed by atoms with E-state index in [0.717, 1.165) is 36.1 Å². The van der Waals surface area contributed by atoms with Gasteiger partial charge in [-0.05, 0) is 41.8 Å². The molecule has 0 N–H and O–H groups in total. The molecule has 3 aromatic rings. The Bertz CT molecular complexity index is 1340. The van der Waals surface area contributed by atoms with Gasteiger partial charge in [-0.25, -0.2) is 17.2 Å². The number of sulfone groups is 1. The van der Waals surface area contributed by atoms with Crippen LogP contribution in [-0.2, 0) is 29.1 Å². The summed E-state index contributed by atoms with van der Waals surface area (Å²) in [5.74, 6) is -1.52. The van der Waals surface area contributed by atoms with Gasteiger partial charge < -0.3 is 4.74 Å².